The summed E-state index contributed by atoms with van der Waals surface area (Å²) >= 11 is 6.13. The highest BCUT2D eigenvalue weighted by Gasteiger charge is 2.28. The van der Waals surface area contributed by atoms with E-state index in [4.69, 9.17) is 32.1 Å². The number of rotatable bonds is 4. The van der Waals surface area contributed by atoms with Crippen molar-refractivity contribution in [2.24, 2.45) is 0 Å². The molecule has 1 saturated carbocycles. The van der Waals surface area contributed by atoms with E-state index in [2.05, 4.69) is 5.32 Å². The van der Waals surface area contributed by atoms with Crippen LogP contribution in [0.3, 0.4) is 0 Å². The topological polar surface area (TPSA) is 92.6 Å². The number of benzene rings is 1. The molecule has 0 amide bonds. The number of allylic oxidation sites excluding steroid dienone is 2. The van der Waals surface area contributed by atoms with E-state index in [0.717, 1.165) is 18.4 Å². The van der Waals surface area contributed by atoms with Crippen LogP contribution in [0, 0.1) is 34.0 Å². The van der Waals surface area contributed by atoms with Gasteiger partial charge in [-0.2, -0.15) is 15.8 Å². The Morgan fingerprint density at radius 1 is 1.24 bits per heavy atom. The molecule has 0 bridgehead atoms. The second-order valence-electron chi connectivity index (χ2n) is 4.56. The van der Waals surface area contributed by atoms with Crippen LogP contribution in [0.2, 0.25) is 5.02 Å². The molecule has 104 valence electrons. The number of anilines is 1. The number of nitriles is 3. The van der Waals surface area contributed by atoms with Crippen LogP contribution in [0.25, 0.3) is 0 Å². The van der Waals surface area contributed by atoms with E-state index in [9.17, 15) is 0 Å². The molecule has 0 aromatic heterocycles. The maximum absolute atomic E-state index is 9.12. The van der Waals surface area contributed by atoms with Crippen molar-refractivity contribution in [2.45, 2.75) is 18.8 Å². The Labute approximate surface area is 127 Å². The first-order valence-corrected chi connectivity index (χ1v) is 6.61. The Morgan fingerprint density at radius 2 is 1.90 bits per heavy atom. The van der Waals surface area contributed by atoms with Crippen LogP contribution < -0.4 is 10.1 Å². The van der Waals surface area contributed by atoms with Gasteiger partial charge in [0.15, 0.2) is 5.57 Å². The average Bonchev–Trinajstić information content (AvgIpc) is 3.33. The summed E-state index contributed by atoms with van der Waals surface area (Å²) in [5, 5.41) is 30.2. The quantitative estimate of drug-likeness (QED) is 0.859. The third-order valence-corrected chi connectivity index (χ3v) is 3.48. The molecule has 21 heavy (non-hydrogen) atoms. The minimum atomic E-state index is -0.256. The van der Waals surface area contributed by atoms with Crippen LogP contribution in [0.1, 0.15) is 24.3 Å². The standard InChI is InChI=1S/C15H11ClN4O/c1-21-15-5-13(11(4-12(15)16)9-2-3-9)20-14(8-19)10(6-17)7-18/h4-5,9,20H,2-3H2,1H3. The van der Waals surface area contributed by atoms with E-state index in [1.54, 1.807) is 24.3 Å². The number of nitrogens with zero attached hydrogens (tertiary/aromatic N) is 3. The van der Waals surface area contributed by atoms with E-state index >= 15 is 0 Å². The monoisotopic (exact) mass is 298 g/mol. The van der Waals surface area contributed by atoms with Gasteiger partial charge in [-0.25, -0.2) is 0 Å². The van der Waals surface area contributed by atoms with E-state index in [1.807, 2.05) is 6.07 Å². The Bertz CT molecular complexity index is 714. The third-order valence-electron chi connectivity index (χ3n) is 3.19. The van der Waals surface area contributed by atoms with Crippen LogP contribution in [-0.2, 0) is 0 Å². The third kappa shape index (κ3) is 3.08. The summed E-state index contributed by atoms with van der Waals surface area (Å²) in [4.78, 5) is 0. The van der Waals surface area contributed by atoms with Crippen LogP contribution in [0.5, 0.6) is 5.75 Å². The predicted molar refractivity (Wildman–Crippen MR) is 77.5 cm³/mol. The summed E-state index contributed by atoms with van der Waals surface area (Å²) in [5.74, 6) is 0.847. The normalized spacial score (nSPS) is 12.5. The second kappa shape index (κ2) is 6.18. The lowest BCUT2D eigenvalue weighted by molar-refractivity contribution is 0.415. The number of hydrogen-bond donors (Lipinski definition) is 1. The molecule has 1 aromatic carbocycles. The molecular weight excluding hydrogens is 288 g/mol. The number of methoxy groups -OCH3 is 1. The fourth-order valence-electron chi connectivity index (χ4n) is 1.98. The zero-order chi connectivity index (χ0) is 15.4. The zero-order valence-electron chi connectivity index (χ0n) is 11.3. The van der Waals surface area contributed by atoms with Gasteiger partial charge in [0.2, 0.25) is 0 Å². The number of hydrogen-bond acceptors (Lipinski definition) is 5. The van der Waals surface area contributed by atoms with Crippen molar-refractivity contribution in [3.05, 3.63) is 34.0 Å². The first-order chi connectivity index (χ1) is 10.1. The van der Waals surface area contributed by atoms with Gasteiger partial charge in [-0.3, -0.25) is 0 Å². The van der Waals surface area contributed by atoms with Gasteiger partial charge in [0.05, 0.1) is 12.1 Å². The van der Waals surface area contributed by atoms with Crippen molar-refractivity contribution in [3.63, 3.8) is 0 Å². The molecule has 0 saturated heterocycles. The van der Waals surface area contributed by atoms with Gasteiger partial charge in [0.1, 0.15) is 29.7 Å². The average molecular weight is 299 g/mol. The van der Waals surface area contributed by atoms with Crippen LogP contribution in [0.15, 0.2) is 23.4 Å². The van der Waals surface area contributed by atoms with Gasteiger partial charge >= 0.3 is 0 Å². The maximum atomic E-state index is 9.12. The smallest absolute Gasteiger partial charge is 0.163 e. The number of ether oxygens (including phenoxy) is 1. The highest BCUT2D eigenvalue weighted by atomic mass is 35.5. The highest BCUT2D eigenvalue weighted by molar-refractivity contribution is 6.32. The van der Waals surface area contributed by atoms with E-state index < -0.39 is 0 Å². The van der Waals surface area contributed by atoms with Crippen molar-refractivity contribution in [1.29, 1.82) is 15.8 Å². The zero-order valence-corrected chi connectivity index (χ0v) is 12.0. The van der Waals surface area contributed by atoms with E-state index in [-0.39, 0.29) is 11.3 Å². The van der Waals surface area contributed by atoms with Gasteiger partial charge in [0, 0.05) is 11.8 Å². The lowest BCUT2D eigenvalue weighted by atomic mass is 10.1. The summed E-state index contributed by atoms with van der Waals surface area (Å²) in [6.45, 7) is 0. The van der Waals surface area contributed by atoms with Gasteiger partial charge in [-0.05, 0) is 30.4 Å². The summed E-state index contributed by atoms with van der Waals surface area (Å²) in [5.41, 5.74) is 1.27. The molecule has 6 heteroatoms. The van der Waals surface area contributed by atoms with Gasteiger partial charge in [0.25, 0.3) is 0 Å². The molecule has 0 heterocycles. The molecule has 0 radical (unpaired) electrons. The molecule has 2 rings (SSSR count). The molecule has 0 spiro atoms. The van der Waals surface area contributed by atoms with Crippen molar-refractivity contribution in [2.75, 3.05) is 12.4 Å². The fraction of sp³-hybridized carbons (Fsp3) is 0.267. The summed E-state index contributed by atoms with van der Waals surface area (Å²) in [7, 11) is 1.50. The maximum Gasteiger partial charge on any atom is 0.163 e. The largest absolute Gasteiger partial charge is 0.495 e. The molecule has 1 N–H and O–H groups in total. The molecule has 1 aromatic rings. The molecule has 1 fully saturated rings. The van der Waals surface area contributed by atoms with Crippen molar-refractivity contribution >= 4 is 17.3 Å². The Balaban J connectivity index is 2.49. The minimum Gasteiger partial charge on any atom is -0.495 e. The van der Waals surface area contributed by atoms with Gasteiger partial charge < -0.3 is 10.1 Å². The molecule has 0 atom stereocenters. The van der Waals surface area contributed by atoms with Crippen LogP contribution in [-0.4, -0.2) is 7.11 Å². The lowest BCUT2D eigenvalue weighted by Crippen LogP contribution is -2.04. The van der Waals surface area contributed by atoms with Gasteiger partial charge in [-0.15, -0.1) is 0 Å². The van der Waals surface area contributed by atoms with E-state index in [1.165, 1.54) is 7.11 Å². The summed E-state index contributed by atoms with van der Waals surface area (Å²) in [6.07, 6.45) is 2.10. The Hall–Kier alpha value is -2.68. The van der Waals surface area contributed by atoms with E-state index in [0.29, 0.717) is 22.4 Å². The predicted octanol–water partition coefficient (Wildman–Crippen LogP) is 3.46. The first-order valence-electron chi connectivity index (χ1n) is 6.23. The van der Waals surface area contributed by atoms with Gasteiger partial charge in [-0.1, -0.05) is 11.6 Å². The van der Waals surface area contributed by atoms with Crippen molar-refractivity contribution in [1.82, 2.24) is 0 Å². The molecule has 5 nitrogen and oxygen atoms in total. The highest BCUT2D eigenvalue weighted by Crippen LogP contribution is 2.46. The summed E-state index contributed by atoms with van der Waals surface area (Å²) < 4.78 is 5.17. The lowest BCUT2D eigenvalue weighted by Gasteiger charge is -2.14. The van der Waals surface area contributed by atoms with Crippen LogP contribution >= 0.6 is 11.6 Å². The summed E-state index contributed by atoms with van der Waals surface area (Å²) in [6, 6.07) is 8.73. The second-order valence-corrected chi connectivity index (χ2v) is 4.97. The van der Waals surface area contributed by atoms with Crippen molar-refractivity contribution in [3.8, 4) is 24.0 Å². The minimum absolute atomic E-state index is 0.0775. The van der Waals surface area contributed by atoms with Crippen molar-refractivity contribution < 1.29 is 4.74 Å². The fourth-order valence-corrected chi connectivity index (χ4v) is 2.23. The SMILES string of the molecule is COc1cc(NC(C#N)=C(C#N)C#N)c(C2CC2)cc1Cl. The first kappa shape index (κ1) is 14.7. The Morgan fingerprint density at radius 3 is 2.38 bits per heavy atom. The number of halogens is 1. The molecule has 1 aliphatic carbocycles. The molecule has 1 aliphatic rings. The Kier molecular flexibility index (Phi) is 4.33. The molecule has 0 aliphatic heterocycles. The van der Waals surface area contributed by atoms with Crippen LogP contribution in [0.4, 0.5) is 5.69 Å². The molecular formula is C15H11ClN4O. The number of nitrogens with one attached hydrogen (secondary N) is 1. The molecule has 0 unspecified atom stereocenters.